The molecule has 3 N–H and O–H groups in total. The predicted octanol–water partition coefficient (Wildman–Crippen LogP) is 2.17. The molecule has 0 fully saturated rings. The maximum Gasteiger partial charge on any atom is 0.275 e. The van der Waals surface area contributed by atoms with E-state index in [4.69, 9.17) is 4.74 Å². The number of carbonyl (C=O) groups is 1. The molecule has 9 nitrogen and oxygen atoms in total. The van der Waals surface area contributed by atoms with Gasteiger partial charge in [-0.05, 0) is 36.8 Å². The van der Waals surface area contributed by atoms with Crippen LogP contribution in [0.4, 0.5) is 5.69 Å². The molecule has 0 aliphatic heterocycles. The minimum Gasteiger partial charge on any atom is -0.507 e. The van der Waals surface area contributed by atoms with Crippen LogP contribution in [0.1, 0.15) is 22.8 Å². The molecule has 0 aliphatic rings. The van der Waals surface area contributed by atoms with Gasteiger partial charge in [-0.2, -0.15) is 5.10 Å². The molecule has 0 heterocycles. The minimum absolute atomic E-state index is 0.0236. The number of nitro benzene ring substituents is 1. The van der Waals surface area contributed by atoms with Gasteiger partial charge in [0.2, 0.25) is 0 Å². The fraction of sp³-hybridized carbons (Fsp3) is 0.125. The summed E-state index contributed by atoms with van der Waals surface area (Å²) in [7, 11) is 0. The number of nitrogens with zero attached hydrogens (tertiary/aromatic N) is 2. The third kappa shape index (κ3) is 4.44. The molecule has 1 amide bonds. The lowest BCUT2D eigenvalue weighted by Crippen LogP contribution is -2.18. The van der Waals surface area contributed by atoms with Gasteiger partial charge in [0.25, 0.3) is 11.6 Å². The highest BCUT2D eigenvalue weighted by molar-refractivity contribution is 5.98. The molecule has 0 spiro atoms. The van der Waals surface area contributed by atoms with E-state index in [1.54, 1.807) is 13.0 Å². The van der Waals surface area contributed by atoms with E-state index < -0.39 is 16.6 Å². The van der Waals surface area contributed by atoms with Gasteiger partial charge in [0.1, 0.15) is 5.75 Å². The maximum absolute atomic E-state index is 12.0. The Morgan fingerprint density at radius 2 is 2.00 bits per heavy atom. The standard InChI is InChI=1S/C16H15N3O6/c1-2-25-15-7-10(3-5-14(15)21)9-17-18-16(22)12-8-11(19(23)24)4-6-13(12)20/h3-9,20-21H,2H2,1H3,(H,18,22)/b17-9+. The molecule has 0 saturated heterocycles. The van der Waals surface area contributed by atoms with Gasteiger partial charge in [0, 0.05) is 12.1 Å². The number of nitrogens with one attached hydrogen (secondary N) is 1. The van der Waals surface area contributed by atoms with Crippen molar-refractivity contribution in [1.82, 2.24) is 5.43 Å². The lowest BCUT2D eigenvalue weighted by atomic mass is 10.1. The summed E-state index contributed by atoms with van der Waals surface area (Å²) in [5, 5.41) is 33.7. The average molecular weight is 345 g/mol. The van der Waals surface area contributed by atoms with Crippen LogP contribution >= 0.6 is 0 Å². The van der Waals surface area contributed by atoms with Crippen LogP contribution in [0.25, 0.3) is 0 Å². The average Bonchev–Trinajstić information content (AvgIpc) is 2.58. The number of aromatic hydroxyl groups is 2. The first kappa shape index (κ1) is 17.7. The molecule has 9 heteroatoms. The van der Waals surface area contributed by atoms with E-state index in [0.717, 1.165) is 18.2 Å². The maximum atomic E-state index is 12.0. The minimum atomic E-state index is -0.804. The fourth-order valence-corrected chi connectivity index (χ4v) is 1.93. The van der Waals surface area contributed by atoms with Crippen molar-refractivity contribution in [3.8, 4) is 17.2 Å². The van der Waals surface area contributed by atoms with E-state index in [-0.39, 0.29) is 22.7 Å². The van der Waals surface area contributed by atoms with Crippen LogP contribution in [0.2, 0.25) is 0 Å². The molecule has 0 saturated carbocycles. The molecule has 130 valence electrons. The van der Waals surface area contributed by atoms with Crippen LogP contribution in [0, 0.1) is 10.1 Å². The summed E-state index contributed by atoms with van der Waals surface area (Å²) in [6.07, 6.45) is 1.30. The van der Waals surface area contributed by atoms with Crippen LogP contribution in [-0.2, 0) is 0 Å². The van der Waals surface area contributed by atoms with E-state index in [9.17, 15) is 25.1 Å². The predicted molar refractivity (Wildman–Crippen MR) is 89.1 cm³/mol. The molecule has 25 heavy (non-hydrogen) atoms. The van der Waals surface area contributed by atoms with Gasteiger partial charge in [-0.25, -0.2) is 5.43 Å². The third-order valence-corrected chi connectivity index (χ3v) is 3.10. The summed E-state index contributed by atoms with van der Waals surface area (Å²) in [6, 6.07) is 7.60. The van der Waals surface area contributed by atoms with Crippen molar-refractivity contribution in [1.29, 1.82) is 0 Å². The Kier molecular flexibility index (Phi) is 5.51. The SMILES string of the molecule is CCOc1cc(/C=N/NC(=O)c2cc([N+](=O)[O-])ccc2O)ccc1O. The number of hydrogen-bond donors (Lipinski definition) is 3. The Bertz CT molecular complexity index is 835. The number of hydrogen-bond acceptors (Lipinski definition) is 7. The van der Waals surface area contributed by atoms with Gasteiger partial charge in [-0.3, -0.25) is 14.9 Å². The molecular formula is C16H15N3O6. The second kappa shape index (κ2) is 7.77. The number of benzene rings is 2. The Morgan fingerprint density at radius 1 is 1.28 bits per heavy atom. The summed E-state index contributed by atoms with van der Waals surface area (Å²) < 4.78 is 5.23. The first-order valence-electron chi connectivity index (χ1n) is 7.19. The Hall–Kier alpha value is -3.62. The normalized spacial score (nSPS) is 10.6. The van der Waals surface area contributed by atoms with E-state index in [1.807, 2.05) is 0 Å². The van der Waals surface area contributed by atoms with Gasteiger partial charge in [-0.15, -0.1) is 0 Å². The zero-order chi connectivity index (χ0) is 18.4. The highest BCUT2D eigenvalue weighted by Crippen LogP contribution is 2.26. The number of ether oxygens (including phenoxy) is 1. The number of amides is 1. The van der Waals surface area contributed by atoms with Gasteiger partial charge >= 0.3 is 0 Å². The van der Waals surface area contributed by atoms with Crippen molar-refractivity contribution >= 4 is 17.8 Å². The highest BCUT2D eigenvalue weighted by Gasteiger charge is 2.16. The zero-order valence-corrected chi connectivity index (χ0v) is 13.2. The smallest absolute Gasteiger partial charge is 0.275 e. The molecule has 0 atom stereocenters. The van der Waals surface area contributed by atoms with Crippen LogP contribution in [0.5, 0.6) is 17.2 Å². The molecular weight excluding hydrogens is 330 g/mol. The zero-order valence-electron chi connectivity index (χ0n) is 13.2. The molecule has 2 rings (SSSR count). The van der Waals surface area contributed by atoms with Crippen molar-refractivity contribution < 1.29 is 24.7 Å². The van der Waals surface area contributed by atoms with E-state index in [2.05, 4.69) is 10.5 Å². The summed E-state index contributed by atoms with van der Waals surface area (Å²) >= 11 is 0. The lowest BCUT2D eigenvalue weighted by molar-refractivity contribution is -0.384. The number of carbonyl (C=O) groups excluding carboxylic acids is 1. The Morgan fingerprint density at radius 3 is 2.68 bits per heavy atom. The summed E-state index contributed by atoms with van der Waals surface area (Å²) in [5.41, 5.74) is 2.11. The quantitative estimate of drug-likeness (QED) is 0.417. The van der Waals surface area contributed by atoms with Crippen LogP contribution < -0.4 is 10.2 Å². The fourth-order valence-electron chi connectivity index (χ4n) is 1.93. The number of non-ortho nitro benzene ring substituents is 1. The van der Waals surface area contributed by atoms with Gasteiger partial charge in [0.15, 0.2) is 11.5 Å². The number of phenols is 2. The second-order valence-electron chi connectivity index (χ2n) is 4.82. The summed E-state index contributed by atoms with van der Waals surface area (Å²) in [4.78, 5) is 22.0. The molecule has 0 unspecified atom stereocenters. The molecule has 0 aliphatic carbocycles. The third-order valence-electron chi connectivity index (χ3n) is 3.10. The number of hydrazone groups is 1. The lowest BCUT2D eigenvalue weighted by Gasteiger charge is -2.06. The highest BCUT2D eigenvalue weighted by atomic mass is 16.6. The van der Waals surface area contributed by atoms with E-state index in [1.165, 1.54) is 18.3 Å². The largest absolute Gasteiger partial charge is 0.507 e. The monoisotopic (exact) mass is 345 g/mol. The van der Waals surface area contributed by atoms with Gasteiger partial charge in [0.05, 0.1) is 23.3 Å². The first-order chi connectivity index (χ1) is 11.9. The molecule has 2 aromatic carbocycles. The number of nitro groups is 1. The summed E-state index contributed by atoms with van der Waals surface area (Å²) in [5.74, 6) is -0.957. The molecule has 0 bridgehead atoms. The van der Waals surface area contributed by atoms with Gasteiger partial charge < -0.3 is 14.9 Å². The van der Waals surface area contributed by atoms with Crippen LogP contribution in [-0.4, -0.2) is 33.9 Å². The van der Waals surface area contributed by atoms with Crippen molar-refractivity contribution in [2.24, 2.45) is 5.10 Å². The molecule has 2 aromatic rings. The Labute approximate surface area is 142 Å². The van der Waals surface area contributed by atoms with E-state index in [0.29, 0.717) is 12.2 Å². The molecule has 0 aromatic heterocycles. The second-order valence-corrected chi connectivity index (χ2v) is 4.82. The number of phenolic OH excluding ortho intramolecular Hbond substituents is 2. The summed E-state index contributed by atoms with van der Waals surface area (Å²) in [6.45, 7) is 2.14. The Balaban J connectivity index is 2.12. The first-order valence-corrected chi connectivity index (χ1v) is 7.19. The van der Waals surface area contributed by atoms with Crippen molar-refractivity contribution in [3.63, 3.8) is 0 Å². The number of rotatable bonds is 6. The van der Waals surface area contributed by atoms with Crippen LogP contribution in [0.15, 0.2) is 41.5 Å². The van der Waals surface area contributed by atoms with Crippen LogP contribution in [0.3, 0.4) is 0 Å². The molecule has 0 radical (unpaired) electrons. The van der Waals surface area contributed by atoms with Crippen molar-refractivity contribution in [2.45, 2.75) is 6.92 Å². The topological polar surface area (TPSA) is 134 Å². The van der Waals surface area contributed by atoms with Crippen molar-refractivity contribution in [2.75, 3.05) is 6.61 Å². The van der Waals surface area contributed by atoms with Crippen molar-refractivity contribution in [3.05, 3.63) is 57.6 Å². The van der Waals surface area contributed by atoms with E-state index >= 15 is 0 Å². The van der Waals surface area contributed by atoms with Gasteiger partial charge in [-0.1, -0.05) is 0 Å².